The van der Waals surface area contributed by atoms with Crippen LogP contribution in [-0.2, 0) is 6.54 Å². The van der Waals surface area contributed by atoms with Crippen molar-refractivity contribution in [1.29, 1.82) is 0 Å². The van der Waals surface area contributed by atoms with Crippen molar-refractivity contribution in [1.82, 2.24) is 9.78 Å². The number of aromatic nitrogens is 2. The Labute approximate surface area is 114 Å². The molecule has 0 saturated heterocycles. The van der Waals surface area contributed by atoms with Gasteiger partial charge in [0.15, 0.2) is 23.7 Å². The molecule has 2 rings (SSSR count). The summed E-state index contributed by atoms with van der Waals surface area (Å²) < 4.78 is 40.9. The zero-order valence-corrected chi connectivity index (χ0v) is 10.9. The first-order valence-corrected chi connectivity index (χ1v) is 6.24. The molecule has 0 fully saturated rings. The van der Waals surface area contributed by atoms with E-state index in [2.05, 4.69) is 5.10 Å². The second kappa shape index (κ2) is 5.90. The minimum absolute atomic E-state index is 0.0405. The zero-order chi connectivity index (χ0) is 14.7. The largest absolute Gasteiger partial charge is 0.298 e. The minimum atomic E-state index is -1.54. The molecule has 0 aliphatic rings. The van der Waals surface area contributed by atoms with Gasteiger partial charge in [0.2, 0.25) is 0 Å². The van der Waals surface area contributed by atoms with E-state index >= 15 is 0 Å². The van der Waals surface area contributed by atoms with Crippen molar-refractivity contribution in [2.75, 3.05) is 0 Å². The van der Waals surface area contributed by atoms with Gasteiger partial charge < -0.3 is 0 Å². The van der Waals surface area contributed by atoms with E-state index in [1.54, 1.807) is 4.68 Å². The van der Waals surface area contributed by atoms with Crippen molar-refractivity contribution >= 4 is 6.29 Å². The van der Waals surface area contributed by atoms with Gasteiger partial charge in [-0.25, -0.2) is 13.2 Å². The monoisotopic (exact) mass is 282 g/mol. The van der Waals surface area contributed by atoms with Gasteiger partial charge in [-0.3, -0.25) is 9.48 Å². The number of nitrogens with zero attached hydrogens (tertiary/aromatic N) is 2. The predicted octanol–water partition coefficient (Wildman–Crippen LogP) is 3.58. The van der Waals surface area contributed by atoms with E-state index in [4.69, 9.17) is 0 Å². The van der Waals surface area contributed by atoms with E-state index in [9.17, 15) is 18.0 Å². The molecule has 0 saturated carbocycles. The van der Waals surface area contributed by atoms with Crippen LogP contribution in [0.4, 0.5) is 13.2 Å². The molecule has 0 N–H and O–H groups in total. The summed E-state index contributed by atoms with van der Waals surface area (Å²) in [6.45, 7) is 2.61. The second-order valence-corrected chi connectivity index (χ2v) is 4.42. The molecular weight excluding hydrogens is 269 g/mol. The highest BCUT2D eigenvalue weighted by atomic mass is 19.2. The van der Waals surface area contributed by atoms with Crippen molar-refractivity contribution < 1.29 is 18.0 Å². The molecule has 0 atom stereocenters. The average molecular weight is 282 g/mol. The molecule has 0 radical (unpaired) electrons. The van der Waals surface area contributed by atoms with E-state index in [1.807, 2.05) is 6.92 Å². The maximum absolute atomic E-state index is 13.2. The maximum Gasteiger partial charge on any atom is 0.194 e. The van der Waals surface area contributed by atoms with Crippen LogP contribution in [-0.4, -0.2) is 16.1 Å². The van der Waals surface area contributed by atoms with Gasteiger partial charge in [-0.15, -0.1) is 0 Å². The van der Waals surface area contributed by atoms with Gasteiger partial charge in [0, 0.05) is 18.3 Å². The first-order chi connectivity index (χ1) is 9.56. The van der Waals surface area contributed by atoms with Crippen LogP contribution in [0.2, 0.25) is 0 Å². The van der Waals surface area contributed by atoms with Crippen LogP contribution in [0.1, 0.15) is 30.1 Å². The van der Waals surface area contributed by atoms with E-state index in [0.717, 1.165) is 25.0 Å². The highest BCUT2D eigenvalue weighted by molar-refractivity contribution is 5.85. The molecule has 1 aromatic heterocycles. The van der Waals surface area contributed by atoms with Crippen molar-refractivity contribution in [3.63, 3.8) is 0 Å². The Kier molecular flexibility index (Phi) is 4.22. The molecule has 0 bridgehead atoms. The van der Waals surface area contributed by atoms with Crippen LogP contribution in [0, 0.1) is 17.5 Å². The van der Waals surface area contributed by atoms with Crippen molar-refractivity contribution in [3.05, 3.63) is 41.3 Å². The maximum atomic E-state index is 13.2. The highest BCUT2D eigenvalue weighted by Crippen LogP contribution is 2.25. The van der Waals surface area contributed by atoms with Crippen molar-refractivity contribution in [2.24, 2.45) is 0 Å². The Morgan fingerprint density at radius 1 is 1.25 bits per heavy atom. The van der Waals surface area contributed by atoms with Gasteiger partial charge >= 0.3 is 0 Å². The van der Waals surface area contributed by atoms with Crippen LogP contribution in [0.3, 0.4) is 0 Å². The number of hydrogen-bond acceptors (Lipinski definition) is 2. The number of aldehydes is 1. The molecule has 2 aromatic rings. The number of carbonyl (C=O) groups is 1. The number of aryl methyl sites for hydroxylation is 1. The molecule has 1 aromatic carbocycles. The minimum Gasteiger partial charge on any atom is -0.298 e. The van der Waals surface area contributed by atoms with Gasteiger partial charge in [-0.1, -0.05) is 13.3 Å². The number of carbonyl (C=O) groups excluding carboxylic acids is 1. The lowest BCUT2D eigenvalue weighted by molar-refractivity contribution is 0.112. The summed E-state index contributed by atoms with van der Waals surface area (Å²) in [6.07, 6.45) is 3.89. The summed E-state index contributed by atoms with van der Waals surface area (Å²) in [6, 6.07) is 1.66. The molecule has 3 nitrogen and oxygen atoms in total. The van der Waals surface area contributed by atoms with Crippen molar-refractivity contribution in [3.8, 4) is 11.3 Å². The number of benzene rings is 1. The lowest BCUT2D eigenvalue weighted by atomic mass is 10.1. The molecule has 0 aliphatic carbocycles. The quantitative estimate of drug-likeness (QED) is 0.620. The lowest BCUT2D eigenvalue weighted by Crippen LogP contribution is -1.98. The van der Waals surface area contributed by atoms with E-state index in [-0.39, 0.29) is 16.8 Å². The van der Waals surface area contributed by atoms with Crippen LogP contribution >= 0.6 is 0 Å². The smallest absolute Gasteiger partial charge is 0.194 e. The highest BCUT2D eigenvalue weighted by Gasteiger charge is 2.16. The fourth-order valence-corrected chi connectivity index (χ4v) is 1.87. The van der Waals surface area contributed by atoms with E-state index in [0.29, 0.717) is 12.8 Å². The summed E-state index contributed by atoms with van der Waals surface area (Å²) in [7, 11) is 0. The summed E-state index contributed by atoms with van der Waals surface area (Å²) >= 11 is 0. The predicted molar refractivity (Wildman–Crippen MR) is 67.8 cm³/mol. The van der Waals surface area contributed by atoms with Crippen molar-refractivity contribution in [2.45, 2.75) is 26.3 Å². The van der Waals surface area contributed by atoms with Crippen LogP contribution in [0.5, 0.6) is 0 Å². The number of halogens is 3. The van der Waals surface area contributed by atoms with Crippen LogP contribution in [0.25, 0.3) is 11.3 Å². The average Bonchev–Trinajstić information content (AvgIpc) is 2.85. The lowest BCUT2D eigenvalue weighted by Gasteiger charge is -2.01. The van der Waals surface area contributed by atoms with E-state index < -0.39 is 17.5 Å². The second-order valence-electron chi connectivity index (χ2n) is 4.42. The topological polar surface area (TPSA) is 34.9 Å². The Bertz CT molecular complexity index is 614. The third-order valence-corrected chi connectivity index (χ3v) is 2.91. The molecule has 0 spiro atoms. The number of unbranched alkanes of at least 4 members (excludes halogenated alkanes) is 1. The molecular formula is C14H13F3N2O. The van der Waals surface area contributed by atoms with Gasteiger partial charge in [-0.05, 0) is 18.6 Å². The SMILES string of the molecule is CCCCn1cc(C=O)c(-c2cc(F)c(F)c(F)c2)n1. The number of rotatable bonds is 5. The van der Waals surface area contributed by atoms with Gasteiger partial charge in [0.05, 0.1) is 5.56 Å². The summed E-state index contributed by atoms with van der Waals surface area (Å²) in [5.74, 6) is -4.15. The molecule has 0 amide bonds. The zero-order valence-electron chi connectivity index (χ0n) is 10.9. The summed E-state index contributed by atoms with van der Waals surface area (Å²) in [5.41, 5.74) is 0.402. The molecule has 0 aliphatic heterocycles. The Morgan fingerprint density at radius 2 is 1.90 bits per heavy atom. The third kappa shape index (κ3) is 2.74. The molecule has 1 heterocycles. The normalized spacial score (nSPS) is 10.8. The fourth-order valence-electron chi connectivity index (χ4n) is 1.87. The fraction of sp³-hybridized carbons (Fsp3) is 0.286. The summed E-state index contributed by atoms with van der Waals surface area (Å²) in [5, 5.41) is 4.13. The standard InChI is InChI=1S/C14H13F3N2O/c1-2-3-4-19-7-10(8-20)14(18-19)9-5-11(15)13(17)12(16)6-9/h5-8H,2-4H2,1H3. The third-order valence-electron chi connectivity index (χ3n) is 2.91. The molecule has 20 heavy (non-hydrogen) atoms. The Morgan fingerprint density at radius 3 is 2.45 bits per heavy atom. The molecule has 106 valence electrons. The first kappa shape index (κ1) is 14.3. The van der Waals surface area contributed by atoms with E-state index in [1.165, 1.54) is 6.20 Å². The van der Waals surface area contributed by atoms with Gasteiger partial charge in [-0.2, -0.15) is 5.10 Å². The van der Waals surface area contributed by atoms with Crippen LogP contribution < -0.4 is 0 Å². The first-order valence-electron chi connectivity index (χ1n) is 6.24. The van der Waals surface area contributed by atoms with Gasteiger partial charge in [0.1, 0.15) is 5.69 Å². The number of hydrogen-bond donors (Lipinski definition) is 0. The van der Waals surface area contributed by atoms with Gasteiger partial charge in [0.25, 0.3) is 0 Å². The molecule has 0 unspecified atom stereocenters. The molecule has 6 heteroatoms. The Hall–Kier alpha value is -2.11. The van der Waals surface area contributed by atoms with Crippen LogP contribution in [0.15, 0.2) is 18.3 Å². The Balaban J connectivity index is 2.46. The summed E-state index contributed by atoms with van der Waals surface area (Å²) in [4.78, 5) is 11.0.